The van der Waals surface area contributed by atoms with Crippen molar-refractivity contribution >= 4 is 28.5 Å². The summed E-state index contributed by atoms with van der Waals surface area (Å²) in [6.45, 7) is 2.17. The Morgan fingerprint density at radius 1 is 1.35 bits per heavy atom. The molecule has 1 aromatic carbocycles. The number of hydrogen-bond acceptors (Lipinski definition) is 3. The minimum Gasteiger partial charge on any atom is -0.358 e. The third-order valence-corrected chi connectivity index (χ3v) is 5.60. The van der Waals surface area contributed by atoms with Gasteiger partial charge in [0.05, 0.1) is 12.1 Å². The average Bonchev–Trinajstić information content (AvgIpc) is 2.47. The van der Waals surface area contributed by atoms with Crippen molar-refractivity contribution in [2.45, 2.75) is 44.7 Å². The number of rotatable bonds is 2. The van der Waals surface area contributed by atoms with Crippen LogP contribution in [0.5, 0.6) is 0 Å². The Balaban J connectivity index is 1.67. The fraction of sp³-hybridized carbons (Fsp3) is 0.562. The number of halogens is 1. The first-order chi connectivity index (χ1) is 9.72. The van der Waals surface area contributed by atoms with Crippen LogP contribution in [0.2, 0.25) is 5.02 Å². The molecule has 4 heteroatoms. The van der Waals surface area contributed by atoms with Gasteiger partial charge in [0.2, 0.25) is 0 Å². The van der Waals surface area contributed by atoms with Crippen molar-refractivity contribution in [3.63, 3.8) is 0 Å². The average molecular weight is 309 g/mol. The van der Waals surface area contributed by atoms with Crippen molar-refractivity contribution in [1.29, 1.82) is 0 Å². The van der Waals surface area contributed by atoms with E-state index in [2.05, 4.69) is 18.3 Å². The summed E-state index contributed by atoms with van der Waals surface area (Å²) < 4.78 is 0. The summed E-state index contributed by atoms with van der Waals surface area (Å²) in [6, 6.07) is 8.86. The number of amidine groups is 1. The summed E-state index contributed by atoms with van der Waals surface area (Å²) in [5.74, 6) is 2.03. The Morgan fingerprint density at radius 3 is 3.05 bits per heavy atom. The molecular weight excluding hydrogens is 288 g/mol. The summed E-state index contributed by atoms with van der Waals surface area (Å²) in [6.07, 6.45) is 5.35. The number of hydrogen-bond donors (Lipinski definition) is 1. The second-order valence-electron chi connectivity index (χ2n) is 5.78. The van der Waals surface area contributed by atoms with Gasteiger partial charge >= 0.3 is 0 Å². The first-order valence-corrected chi connectivity index (χ1v) is 8.81. The standard InChI is InChI=1S/C16H21ClN2S/c1-11(12-6-4-7-14(17)9-12)18-16-19-15-8-3-2-5-13(15)10-20-16/h4,6-7,9,11,13,15H,2-3,5,8,10H2,1H3,(H,18,19). The van der Waals surface area contributed by atoms with E-state index in [1.165, 1.54) is 37.0 Å². The molecule has 0 amide bonds. The third kappa shape index (κ3) is 3.32. The molecule has 2 aliphatic rings. The van der Waals surface area contributed by atoms with Crippen LogP contribution < -0.4 is 5.32 Å². The molecule has 1 fully saturated rings. The fourth-order valence-electron chi connectivity index (χ4n) is 3.05. The Kier molecular flexibility index (Phi) is 4.57. The van der Waals surface area contributed by atoms with Crippen molar-refractivity contribution in [3.05, 3.63) is 34.9 Å². The molecule has 3 unspecified atom stereocenters. The SMILES string of the molecule is CC(NC1=NC2CCCCC2CS1)c1cccc(Cl)c1. The monoisotopic (exact) mass is 308 g/mol. The lowest BCUT2D eigenvalue weighted by Gasteiger charge is -2.33. The highest BCUT2D eigenvalue weighted by atomic mass is 35.5. The summed E-state index contributed by atoms with van der Waals surface area (Å²) in [5.41, 5.74) is 1.21. The van der Waals surface area contributed by atoms with Crippen molar-refractivity contribution in [2.24, 2.45) is 10.9 Å². The molecule has 1 N–H and O–H groups in total. The summed E-state index contributed by atoms with van der Waals surface area (Å²) in [5, 5.41) is 5.45. The van der Waals surface area contributed by atoms with Gasteiger partial charge in [-0.05, 0) is 43.4 Å². The van der Waals surface area contributed by atoms with E-state index in [9.17, 15) is 0 Å². The van der Waals surface area contributed by atoms with Gasteiger partial charge in [0.1, 0.15) is 0 Å². The van der Waals surface area contributed by atoms with Crippen LogP contribution in [0.3, 0.4) is 0 Å². The number of aliphatic imine (C=N–C) groups is 1. The molecule has 0 bridgehead atoms. The van der Waals surface area contributed by atoms with E-state index in [1.807, 2.05) is 30.0 Å². The lowest BCUT2D eigenvalue weighted by Crippen LogP contribution is -2.35. The van der Waals surface area contributed by atoms with Gasteiger partial charge < -0.3 is 5.32 Å². The van der Waals surface area contributed by atoms with Crippen LogP contribution in [0.15, 0.2) is 29.3 Å². The number of benzene rings is 1. The van der Waals surface area contributed by atoms with Crippen LogP contribution >= 0.6 is 23.4 Å². The first-order valence-electron chi connectivity index (χ1n) is 7.45. The van der Waals surface area contributed by atoms with Gasteiger partial charge in [0.15, 0.2) is 5.17 Å². The summed E-state index contributed by atoms with van der Waals surface area (Å²) in [4.78, 5) is 4.93. The Bertz CT molecular complexity index is 503. The maximum absolute atomic E-state index is 6.06. The molecule has 0 spiro atoms. The topological polar surface area (TPSA) is 24.4 Å². The smallest absolute Gasteiger partial charge is 0.157 e. The van der Waals surface area contributed by atoms with Gasteiger partial charge in [-0.25, -0.2) is 0 Å². The quantitative estimate of drug-likeness (QED) is 0.860. The van der Waals surface area contributed by atoms with Crippen LogP contribution in [0.25, 0.3) is 0 Å². The van der Waals surface area contributed by atoms with Gasteiger partial charge in [-0.3, -0.25) is 4.99 Å². The number of nitrogens with zero attached hydrogens (tertiary/aromatic N) is 1. The molecule has 3 rings (SSSR count). The second-order valence-corrected chi connectivity index (χ2v) is 7.22. The Morgan fingerprint density at radius 2 is 2.20 bits per heavy atom. The maximum atomic E-state index is 6.06. The van der Waals surface area contributed by atoms with Gasteiger partial charge in [-0.2, -0.15) is 0 Å². The Labute approximate surface area is 130 Å². The molecule has 1 heterocycles. The van der Waals surface area contributed by atoms with Crippen LogP contribution in [-0.4, -0.2) is 17.0 Å². The molecule has 0 saturated heterocycles. The van der Waals surface area contributed by atoms with Crippen LogP contribution in [0, 0.1) is 5.92 Å². The second kappa shape index (κ2) is 6.40. The lowest BCUT2D eigenvalue weighted by molar-refractivity contribution is 0.335. The molecule has 2 nitrogen and oxygen atoms in total. The zero-order valence-electron chi connectivity index (χ0n) is 11.8. The van der Waals surface area contributed by atoms with E-state index in [0.717, 1.165) is 16.1 Å². The van der Waals surface area contributed by atoms with E-state index >= 15 is 0 Å². The molecule has 1 saturated carbocycles. The highest BCUT2D eigenvalue weighted by molar-refractivity contribution is 8.13. The number of fused-ring (bicyclic) bond motifs is 1. The van der Waals surface area contributed by atoms with Crippen molar-refractivity contribution in [2.75, 3.05) is 5.75 Å². The zero-order valence-corrected chi connectivity index (χ0v) is 13.4. The predicted octanol–water partition coefficient (Wildman–Crippen LogP) is 4.65. The van der Waals surface area contributed by atoms with Crippen molar-refractivity contribution in [1.82, 2.24) is 5.32 Å². The normalized spacial score (nSPS) is 27.4. The minimum atomic E-state index is 0.250. The van der Waals surface area contributed by atoms with E-state index in [1.54, 1.807) is 0 Å². The van der Waals surface area contributed by atoms with Gasteiger partial charge in [0, 0.05) is 10.8 Å². The summed E-state index contributed by atoms with van der Waals surface area (Å²) >= 11 is 7.94. The molecule has 1 aliphatic carbocycles. The van der Waals surface area contributed by atoms with Crippen LogP contribution in [-0.2, 0) is 0 Å². The largest absolute Gasteiger partial charge is 0.358 e. The molecule has 1 aliphatic heterocycles. The fourth-order valence-corrected chi connectivity index (χ4v) is 4.48. The van der Waals surface area contributed by atoms with Crippen molar-refractivity contribution in [3.8, 4) is 0 Å². The van der Waals surface area contributed by atoms with Gasteiger partial charge in [0.25, 0.3) is 0 Å². The molecule has 108 valence electrons. The molecule has 3 atom stereocenters. The lowest BCUT2D eigenvalue weighted by atomic mass is 9.86. The maximum Gasteiger partial charge on any atom is 0.157 e. The highest BCUT2D eigenvalue weighted by Crippen LogP contribution is 2.34. The molecular formula is C16H21ClN2S. The predicted molar refractivity (Wildman–Crippen MR) is 88.6 cm³/mol. The minimum absolute atomic E-state index is 0.250. The van der Waals surface area contributed by atoms with Crippen LogP contribution in [0.4, 0.5) is 0 Å². The molecule has 20 heavy (non-hydrogen) atoms. The van der Waals surface area contributed by atoms with E-state index in [-0.39, 0.29) is 6.04 Å². The van der Waals surface area contributed by atoms with Gasteiger partial charge in [-0.1, -0.05) is 48.3 Å². The van der Waals surface area contributed by atoms with Crippen molar-refractivity contribution < 1.29 is 0 Å². The van der Waals surface area contributed by atoms with E-state index in [0.29, 0.717) is 6.04 Å². The summed E-state index contributed by atoms with van der Waals surface area (Å²) in [7, 11) is 0. The molecule has 1 aromatic rings. The highest BCUT2D eigenvalue weighted by Gasteiger charge is 2.29. The molecule has 0 radical (unpaired) electrons. The van der Waals surface area contributed by atoms with E-state index in [4.69, 9.17) is 16.6 Å². The third-order valence-electron chi connectivity index (χ3n) is 4.27. The van der Waals surface area contributed by atoms with Crippen LogP contribution in [0.1, 0.15) is 44.2 Å². The molecule has 0 aromatic heterocycles. The van der Waals surface area contributed by atoms with Gasteiger partial charge in [-0.15, -0.1) is 0 Å². The Hall–Kier alpha value is -0.670. The number of thioether (sulfide) groups is 1. The zero-order chi connectivity index (χ0) is 13.9. The first kappa shape index (κ1) is 14.3. The van der Waals surface area contributed by atoms with E-state index < -0.39 is 0 Å². The number of nitrogens with one attached hydrogen (secondary N) is 1.